The lowest BCUT2D eigenvalue weighted by Crippen LogP contribution is -2.37. The number of carbonyl (C=O) groups is 1. The Morgan fingerprint density at radius 1 is 1.50 bits per heavy atom. The fraction of sp³-hybridized carbons (Fsp3) is 0.727. The van der Waals surface area contributed by atoms with Crippen LogP contribution in [0.25, 0.3) is 0 Å². The van der Waals surface area contributed by atoms with Crippen molar-refractivity contribution in [1.29, 1.82) is 0 Å². The van der Waals surface area contributed by atoms with E-state index in [0.29, 0.717) is 17.6 Å². The molecule has 0 spiro atoms. The van der Waals surface area contributed by atoms with E-state index in [0.717, 1.165) is 12.1 Å². The Kier molecular flexibility index (Phi) is 4.24. The van der Waals surface area contributed by atoms with E-state index in [1.807, 2.05) is 6.92 Å². The standard InChI is InChI=1S/C11H20BNO/c1-8(2)13-11-5-4-10(7-12-11)6-9(3)14/h10-13H,1,4-7H2,2-3H3. The van der Waals surface area contributed by atoms with E-state index in [9.17, 15) is 4.79 Å². The first-order valence-corrected chi connectivity index (χ1v) is 5.49. The monoisotopic (exact) mass is 193 g/mol. The second-order valence-corrected chi connectivity index (χ2v) is 4.55. The molecule has 1 fully saturated rings. The highest BCUT2D eigenvalue weighted by Crippen LogP contribution is 2.23. The van der Waals surface area contributed by atoms with Gasteiger partial charge in [0, 0.05) is 6.42 Å². The number of ketones is 1. The summed E-state index contributed by atoms with van der Waals surface area (Å²) >= 11 is 0. The van der Waals surface area contributed by atoms with Crippen LogP contribution in [0.4, 0.5) is 0 Å². The van der Waals surface area contributed by atoms with Gasteiger partial charge in [-0.1, -0.05) is 12.9 Å². The topological polar surface area (TPSA) is 29.1 Å². The predicted molar refractivity (Wildman–Crippen MR) is 61.7 cm³/mol. The van der Waals surface area contributed by atoms with Crippen molar-refractivity contribution >= 4 is 13.1 Å². The number of Topliss-reactive ketones (excluding diaryl/α,β-unsaturated/α-hetero) is 1. The fourth-order valence-corrected chi connectivity index (χ4v) is 2.27. The quantitative estimate of drug-likeness (QED) is 0.688. The summed E-state index contributed by atoms with van der Waals surface area (Å²) in [6, 6.07) is 0. The first-order valence-electron chi connectivity index (χ1n) is 5.49. The predicted octanol–water partition coefficient (Wildman–Crippen LogP) is 1.68. The van der Waals surface area contributed by atoms with Gasteiger partial charge in [-0.25, -0.2) is 0 Å². The van der Waals surface area contributed by atoms with Crippen LogP contribution in [0.3, 0.4) is 0 Å². The molecule has 1 aliphatic rings. The van der Waals surface area contributed by atoms with Gasteiger partial charge in [0.15, 0.2) is 0 Å². The third-order valence-corrected chi connectivity index (χ3v) is 2.87. The third-order valence-electron chi connectivity index (χ3n) is 2.87. The molecule has 0 amide bonds. The molecule has 1 saturated heterocycles. The molecule has 1 N–H and O–H groups in total. The maximum atomic E-state index is 10.9. The van der Waals surface area contributed by atoms with Crippen LogP contribution < -0.4 is 5.32 Å². The molecule has 0 aromatic rings. The van der Waals surface area contributed by atoms with Crippen LogP contribution in [-0.2, 0) is 4.79 Å². The molecule has 1 rings (SSSR count). The van der Waals surface area contributed by atoms with Gasteiger partial charge in [0.2, 0.25) is 0 Å². The van der Waals surface area contributed by atoms with Gasteiger partial charge >= 0.3 is 0 Å². The summed E-state index contributed by atoms with van der Waals surface area (Å²) in [6.45, 7) is 7.55. The van der Waals surface area contributed by atoms with E-state index in [4.69, 9.17) is 0 Å². The van der Waals surface area contributed by atoms with Gasteiger partial charge in [-0.3, -0.25) is 0 Å². The van der Waals surface area contributed by atoms with Crippen LogP contribution in [0.15, 0.2) is 12.3 Å². The van der Waals surface area contributed by atoms with E-state index in [-0.39, 0.29) is 0 Å². The third kappa shape index (κ3) is 3.99. The van der Waals surface area contributed by atoms with Crippen LogP contribution in [0.5, 0.6) is 0 Å². The number of rotatable bonds is 4. The Hall–Kier alpha value is -0.725. The molecule has 0 aliphatic carbocycles. The van der Waals surface area contributed by atoms with Gasteiger partial charge in [-0.15, -0.1) is 0 Å². The zero-order chi connectivity index (χ0) is 10.6. The van der Waals surface area contributed by atoms with Crippen molar-refractivity contribution in [3.8, 4) is 0 Å². The van der Waals surface area contributed by atoms with Crippen molar-refractivity contribution in [2.75, 3.05) is 0 Å². The highest BCUT2D eigenvalue weighted by atomic mass is 16.1. The lowest BCUT2D eigenvalue weighted by atomic mass is 9.56. The van der Waals surface area contributed by atoms with Crippen LogP contribution in [0, 0.1) is 5.92 Å². The summed E-state index contributed by atoms with van der Waals surface area (Å²) in [5.41, 5.74) is 1.06. The molecule has 0 aromatic carbocycles. The van der Waals surface area contributed by atoms with Gasteiger partial charge in [0.05, 0.1) is 0 Å². The van der Waals surface area contributed by atoms with Gasteiger partial charge in [-0.2, -0.15) is 0 Å². The number of carbonyl (C=O) groups excluding carboxylic acids is 1. The van der Waals surface area contributed by atoms with Gasteiger partial charge in [-0.05, 0) is 44.2 Å². The van der Waals surface area contributed by atoms with E-state index in [1.54, 1.807) is 6.92 Å². The summed E-state index contributed by atoms with van der Waals surface area (Å²) in [6.07, 6.45) is 4.33. The van der Waals surface area contributed by atoms with Crippen LogP contribution in [0.2, 0.25) is 6.32 Å². The summed E-state index contributed by atoms with van der Waals surface area (Å²) in [4.78, 5) is 10.9. The van der Waals surface area contributed by atoms with Gasteiger partial charge < -0.3 is 10.1 Å². The molecule has 1 heterocycles. The van der Waals surface area contributed by atoms with Crippen molar-refractivity contribution in [2.45, 2.75) is 45.4 Å². The molecular weight excluding hydrogens is 173 g/mol. The maximum absolute atomic E-state index is 10.9. The van der Waals surface area contributed by atoms with Crippen LogP contribution >= 0.6 is 0 Å². The maximum Gasteiger partial charge on any atom is 0.149 e. The molecule has 1 aliphatic heterocycles. The number of hydrogen-bond acceptors (Lipinski definition) is 2. The van der Waals surface area contributed by atoms with Gasteiger partial charge in [0.25, 0.3) is 0 Å². The SMILES string of the molecule is C=C(C)NC1BCC(CC(C)=O)CC1. The fourth-order valence-electron chi connectivity index (χ4n) is 2.27. The smallest absolute Gasteiger partial charge is 0.149 e. The summed E-state index contributed by atoms with van der Waals surface area (Å²) in [7, 11) is 1.19. The Labute approximate surface area is 87.4 Å². The zero-order valence-corrected chi connectivity index (χ0v) is 9.31. The molecule has 2 nitrogen and oxygen atoms in total. The molecule has 0 bridgehead atoms. The molecule has 2 unspecified atom stereocenters. The number of hydrogen-bond donors (Lipinski definition) is 1. The van der Waals surface area contributed by atoms with Crippen molar-refractivity contribution in [1.82, 2.24) is 5.32 Å². The molecule has 2 atom stereocenters. The minimum Gasteiger partial charge on any atom is -0.394 e. The highest BCUT2D eigenvalue weighted by Gasteiger charge is 2.22. The minimum atomic E-state index is 0.335. The normalized spacial score (nSPS) is 26.4. The molecule has 14 heavy (non-hydrogen) atoms. The summed E-state index contributed by atoms with van der Waals surface area (Å²) < 4.78 is 0. The first kappa shape index (κ1) is 11.4. The average Bonchev–Trinajstić information content (AvgIpc) is 2.06. The Bertz CT molecular complexity index is 195. The lowest BCUT2D eigenvalue weighted by molar-refractivity contribution is -0.117. The molecule has 0 aromatic heterocycles. The summed E-state index contributed by atoms with van der Waals surface area (Å²) in [5, 5.41) is 3.38. The van der Waals surface area contributed by atoms with Crippen molar-refractivity contribution in [3.05, 3.63) is 12.3 Å². The molecule has 78 valence electrons. The molecule has 0 saturated carbocycles. The van der Waals surface area contributed by atoms with E-state index in [1.165, 1.54) is 26.4 Å². The first-order chi connectivity index (χ1) is 6.58. The summed E-state index contributed by atoms with van der Waals surface area (Å²) in [5.74, 6) is 1.56. The molecular formula is C11H20BNO. The second-order valence-electron chi connectivity index (χ2n) is 4.55. The lowest BCUT2D eigenvalue weighted by Gasteiger charge is -2.28. The van der Waals surface area contributed by atoms with E-state index < -0.39 is 0 Å². The second kappa shape index (κ2) is 5.23. The average molecular weight is 193 g/mol. The van der Waals surface area contributed by atoms with Crippen LogP contribution in [-0.4, -0.2) is 19.0 Å². The molecule has 3 heteroatoms. The van der Waals surface area contributed by atoms with Crippen molar-refractivity contribution < 1.29 is 4.79 Å². The Morgan fingerprint density at radius 2 is 2.21 bits per heavy atom. The minimum absolute atomic E-state index is 0.335. The Balaban J connectivity index is 2.24. The largest absolute Gasteiger partial charge is 0.394 e. The van der Waals surface area contributed by atoms with Gasteiger partial charge in [0.1, 0.15) is 13.1 Å². The van der Waals surface area contributed by atoms with E-state index >= 15 is 0 Å². The van der Waals surface area contributed by atoms with E-state index in [2.05, 4.69) is 11.9 Å². The number of nitrogens with one attached hydrogen (secondary N) is 1. The zero-order valence-electron chi connectivity index (χ0n) is 9.31. The van der Waals surface area contributed by atoms with Crippen LogP contribution in [0.1, 0.15) is 33.1 Å². The highest BCUT2D eigenvalue weighted by molar-refractivity contribution is 6.38. The molecule has 0 radical (unpaired) electrons. The van der Waals surface area contributed by atoms with Crippen molar-refractivity contribution in [2.24, 2.45) is 5.92 Å². The number of allylic oxidation sites excluding steroid dienone is 1. The van der Waals surface area contributed by atoms with Crippen molar-refractivity contribution in [3.63, 3.8) is 0 Å². The Morgan fingerprint density at radius 3 is 2.64 bits per heavy atom.